The van der Waals surface area contributed by atoms with E-state index in [2.05, 4.69) is 127 Å². The summed E-state index contributed by atoms with van der Waals surface area (Å²) in [6, 6.07) is 19.7. The van der Waals surface area contributed by atoms with E-state index in [1.54, 1.807) is 6.92 Å². The summed E-state index contributed by atoms with van der Waals surface area (Å²) in [6.45, 7) is 24.8. The van der Waals surface area contributed by atoms with Gasteiger partial charge in [-0.3, -0.25) is 0 Å². The van der Waals surface area contributed by atoms with E-state index in [0.717, 1.165) is 12.8 Å². The van der Waals surface area contributed by atoms with Crippen molar-refractivity contribution in [2.24, 2.45) is 0 Å². The quantitative estimate of drug-likeness (QED) is 0.297. The van der Waals surface area contributed by atoms with Crippen molar-refractivity contribution in [2.75, 3.05) is 0 Å². The molecule has 0 unspecified atom stereocenters. The van der Waals surface area contributed by atoms with E-state index in [-0.39, 0.29) is 0 Å². The first-order valence-electron chi connectivity index (χ1n) is 13.2. The molecule has 0 fully saturated rings. The molecule has 37 heavy (non-hydrogen) atoms. The summed E-state index contributed by atoms with van der Waals surface area (Å²) < 4.78 is 0. The molecule has 0 radical (unpaired) electrons. The van der Waals surface area contributed by atoms with Crippen molar-refractivity contribution in [3.05, 3.63) is 117 Å². The number of halogens is 1. The van der Waals surface area contributed by atoms with Crippen molar-refractivity contribution in [1.29, 1.82) is 0 Å². The van der Waals surface area contributed by atoms with E-state index < -0.39 is 0 Å². The molecule has 0 heterocycles. The Balaban J connectivity index is 0.000000640. The highest BCUT2D eigenvalue weighted by Crippen LogP contribution is 2.20. The van der Waals surface area contributed by atoms with Crippen molar-refractivity contribution in [3.8, 4) is 11.3 Å². The summed E-state index contributed by atoms with van der Waals surface area (Å²) in [4.78, 5) is 0. The van der Waals surface area contributed by atoms with Crippen LogP contribution in [0.15, 0.2) is 66.7 Å². The second-order valence-corrected chi connectivity index (χ2v) is 9.18. The van der Waals surface area contributed by atoms with Crippen LogP contribution in [0.4, 0.5) is 0 Å². The van der Waals surface area contributed by atoms with E-state index in [1.807, 2.05) is 19.9 Å². The largest absolute Gasteiger partial charge is 0.0984 e. The molecule has 0 N–H and O–H groups in total. The molecule has 3 aromatic carbocycles. The lowest BCUT2D eigenvalue weighted by molar-refractivity contribution is 1.09. The second-order valence-electron chi connectivity index (χ2n) is 8.99. The van der Waals surface area contributed by atoms with Crippen LogP contribution in [-0.4, -0.2) is 0 Å². The predicted octanol–water partition coefficient (Wildman–Crippen LogP) is 11.0. The first-order chi connectivity index (χ1) is 17.7. The summed E-state index contributed by atoms with van der Waals surface area (Å²) in [6.07, 6.45) is 6.34. The van der Waals surface area contributed by atoms with Gasteiger partial charge in [0.2, 0.25) is 0 Å². The zero-order valence-corrected chi connectivity index (χ0v) is 25.6. The minimum absolute atomic E-state index is 0.969. The average molecular weight is 515 g/mol. The molecule has 0 spiro atoms. The summed E-state index contributed by atoms with van der Waals surface area (Å²) in [5.41, 5.74) is 13.6. The zero-order valence-electron chi connectivity index (χ0n) is 24.9. The number of benzene rings is 3. The molecule has 198 valence electrons. The van der Waals surface area contributed by atoms with Gasteiger partial charge in [-0.2, -0.15) is 0 Å². The topological polar surface area (TPSA) is 0 Å². The Hall–Kier alpha value is -3.01. The van der Waals surface area contributed by atoms with Crippen molar-refractivity contribution >= 4 is 23.8 Å². The third-order valence-corrected chi connectivity index (χ3v) is 6.19. The molecule has 0 saturated heterocycles. The van der Waals surface area contributed by atoms with Crippen LogP contribution < -0.4 is 0 Å². The van der Waals surface area contributed by atoms with E-state index in [1.165, 1.54) is 55.6 Å². The highest BCUT2D eigenvalue weighted by Gasteiger charge is 2.03. The molecule has 3 aromatic rings. The average Bonchev–Trinajstić information content (AvgIpc) is 2.89. The lowest BCUT2D eigenvalue weighted by Crippen LogP contribution is -1.93. The van der Waals surface area contributed by atoms with Crippen LogP contribution in [-0.2, 0) is 12.8 Å². The molecule has 3 rings (SSSR count). The fraction of sp³-hybridized carbons (Fsp3) is 0.333. The molecule has 0 aromatic heterocycles. The third-order valence-electron chi connectivity index (χ3n) is 6.01. The monoisotopic (exact) mass is 514 g/mol. The predicted molar refractivity (Wildman–Crippen MR) is 170 cm³/mol. The zero-order chi connectivity index (χ0) is 28.4. The van der Waals surface area contributed by atoms with E-state index in [0.29, 0.717) is 0 Å². The number of aryl methyl sites for hydroxylation is 6. The normalized spacial score (nSPS) is 9.76. The Morgan fingerprint density at radius 1 is 0.838 bits per heavy atom. The van der Waals surface area contributed by atoms with Gasteiger partial charge in [-0.25, -0.2) is 0 Å². The van der Waals surface area contributed by atoms with Gasteiger partial charge in [-0.15, -0.1) is 0 Å². The molecule has 0 aliphatic rings. The van der Waals surface area contributed by atoms with E-state index >= 15 is 0 Å². The minimum atomic E-state index is 0.969. The smallest absolute Gasteiger partial charge is 0.00377 e. The molecule has 0 bridgehead atoms. The van der Waals surface area contributed by atoms with Gasteiger partial charge in [0.1, 0.15) is 0 Å². The van der Waals surface area contributed by atoms with E-state index in [9.17, 15) is 0 Å². The van der Waals surface area contributed by atoms with Crippen LogP contribution in [0.1, 0.15) is 84.7 Å². The third kappa shape index (κ3) is 12.7. The molecular weight excluding hydrogens is 468 g/mol. The number of hydrogen-bond donors (Lipinski definition) is 0. The van der Waals surface area contributed by atoms with Gasteiger partial charge in [-0.1, -0.05) is 111 Å². The molecular formula is C36H47Cl. The lowest BCUT2D eigenvalue weighted by atomic mass is 9.96. The Kier molecular flexibility index (Phi) is 17.6. The SMILES string of the molecule is C=Cc1c(C)cccc1C/C(C)=C\c1ccc(C)cc1.CC.CC#CCl.CCc1cc(C)c(C)cc1C. The van der Waals surface area contributed by atoms with Gasteiger partial charge in [0.15, 0.2) is 0 Å². The van der Waals surface area contributed by atoms with Gasteiger partial charge < -0.3 is 0 Å². The first kappa shape index (κ1) is 34.0. The van der Waals surface area contributed by atoms with Gasteiger partial charge in [0.05, 0.1) is 0 Å². The van der Waals surface area contributed by atoms with Gasteiger partial charge in [0.25, 0.3) is 0 Å². The Labute approximate surface area is 233 Å². The van der Waals surface area contributed by atoms with Crippen molar-refractivity contribution in [1.82, 2.24) is 0 Å². The maximum atomic E-state index is 4.82. The van der Waals surface area contributed by atoms with Crippen LogP contribution >= 0.6 is 11.6 Å². The Bertz CT molecular complexity index is 1180. The first-order valence-corrected chi connectivity index (χ1v) is 13.6. The number of hydrogen-bond acceptors (Lipinski definition) is 0. The highest BCUT2D eigenvalue weighted by atomic mass is 35.5. The molecule has 0 aliphatic heterocycles. The molecule has 0 atom stereocenters. The summed E-state index contributed by atoms with van der Waals surface area (Å²) in [7, 11) is 0. The lowest BCUT2D eigenvalue weighted by Gasteiger charge is -2.09. The molecule has 0 nitrogen and oxygen atoms in total. The van der Waals surface area contributed by atoms with Crippen LogP contribution in [0.25, 0.3) is 12.2 Å². The van der Waals surface area contributed by atoms with Crippen LogP contribution in [0.2, 0.25) is 0 Å². The van der Waals surface area contributed by atoms with Crippen LogP contribution in [0, 0.1) is 45.9 Å². The standard InChI is InChI=1S/C20H22.C11H16.C3H3Cl.C2H6/c1-5-20-17(4)7-6-8-19(20)14-16(3)13-18-11-9-15(2)10-12-18;1-5-11-7-9(3)8(2)6-10(11)4;1-2-3-4;1-2/h5-13H,1,14H2,2-4H3;6-7H,5H2,1-4H3;1H3;1-2H3/b16-13-;;;. The summed E-state index contributed by atoms with van der Waals surface area (Å²) in [5, 5.41) is 2.15. The summed E-state index contributed by atoms with van der Waals surface area (Å²) in [5.74, 6) is 2.45. The minimum Gasteiger partial charge on any atom is -0.0984 e. The van der Waals surface area contributed by atoms with Crippen LogP contribution in [0.3, 0.4) is 0 Å². The van der Waals surface area contributed by atoms with E-state index in [4.69, 9.17) is 11.6 Å². The molecule has 0 saturated carbocycles. The maximum absolute atomic E-state index is 4.82. The van der Waals surface area contributed by atoms with Crippen molar-refractivity contribution in [2.45, 2.75) is 82.1 Å². The highest BCUT2D eigenvalue weighted by molar-refractivity contribution is 6.30. The fourth-order valence-electron chi connectivity index (χ4n) is 3.89. The molecule has 1 heteroatoms. The second kappa shape index (κ2) is 19.1. The Morgan fingerprint density at radius 3 is 1.92 bits per heavy atom. The molecule has 0 amide bonds. The van der Waals surface area contributed by atoms with Crippen LogP contribution in [0.5, 0.6) is 0 Å². The molecule has 0 aliphatic carbocycles. The number of rotatable bonds is 5. The number of allylic oxidation sites excluding steroid dienone is 1. The fourth-order valence-corrected chi connectivity index (χ4v) is 3.89. The summed E-state index contributed by atoms with van der Waals surface area (Å²) >= 11 is 4.82. The van der Waals surface area contributed by atoms with Gasteiger partial charge in [-0.05, 0) is 117 Å². The van der Waals surface area contributed by atoms with Crippen molar-refractivity contribution < 1.29 is 0 Å². The van der Waals surface area contributed by atoms with Gasteiger partial charge >= 0.3 is 0 Å². The Morgan fingerprint density at radius 2 is 1.41 bits per heavy atom. The van der Waals surface area contributed by atoms with Crippen molar-refractivity contribution in [3.63, 3.8) is 0 Å². The van der Waals surface area contributed by atoms with Gasteiger partial charge in [0, 0.05) is 5.38 Å². The maximum Gasteiger partial charge on any atom is 0.00377 e.